The molecule has 0 saturated heterocycles. The van der Waals surface area contributed by atoms with Crippen molar-refractivity contribution >= 4 is 23.5 Å². The Labute approximate surface area is 203 Å². The highest BCUT2D eigenvalue weighted by molar-refractivity contribution is 7.99. The average Bonchev–Trinajstić information content (AvgIpc) is 3.38. The highest BCUT2D eigenvalue weighted by Gasteiger charge is 2.30. The zero-order valence-corrected chi connectivity index (χ0v) is 20.9. The summed E-state index contributed by atoms with van der Waals surface area (Å²) in [5.74, 6) is 0.805. The van der Waals surface area contributed by atoms with Crippen molar-refractivity contribution in [3.8, 4) is 11.4 Å². The molecule has 0 aromatic carbocycles. The number of ketones is 1. The molecule has 0 spiro atoms. The van der Waals surface area contributed by atoms with Crippen LogP contribution >= 0.6 is 11.8 Å². The first-order chi connectivity index (χ1) is 16.4. The average molecular weight is 482 g/mol. The number of H-pyrrole nitrogens is 1. The second-order valence-corrected chi connectivity index (χ2v) is 9.75. The minimum absolute atomic E-state index is 0.135. The third kappa shape index (κ3) is 4.80. The highest BCUT2D eigenvalue weighted by atomic mass is 32.2. The summed E-state index contributed by atoms with van der Waals surface area (Å²) >= 11 is 1.37. The maximum atomic E-state index is 13.3. The number of pyridine rings is 1. The smallest absolute Gasteiger partial charge is 0.340 e. The highest BCUT2D eigenvalue weighted by Crippen LogP contribution is 2.39. The second kappa shape index (κ2) is 10.5. The first-order valence-corrected chi connectivity index (χ1v) is 12.8. The lowest BCUT2D eigenvalue weighted by molar-refractivity contribution is 0.0522. The predicted octanol–water partition coefficient (Wildman–Crippen LogP) is 5.19. The predicted molar refractivity (Wildman–Crippen MR) is 131 cm³/mol. The number of rotatable bonds is 8. The maximum Gasteiger partial charge on any atom is 0.340 e. The first-order valence-electron chi connectivity index (χ1n) is 11.8. The first kappa shape index (κ1) is 24.2. The molecule has 1 aliphatic rings. The van der Waals surface area contributed by atoms with Crippen molar-refractivity contribution in [2.45, 2.75) is 64.6 Å². The summed E-state index contributed by atoms with van der Waals surface area (Å²) in [5, 5.41) is 9.69. The van der Waals surface area contributed by atoms with E-state index < -0.39 is 5.97 Å². The van der Waals surface area contributed by atoms with Gasteiger partial charge in [-0.05, 0) is 51.7 Å². The van der Waals surface area contributed by atoms with E-state index in [0.717, 1.165) is 30.7 Å². The Balaban J connectivity index is 1.64. The fourth-order valence-electron chi connectivity index (χ4n) is 4.84. The minimum atomic E-state index is -0.476. The topological polar surface area (TPSA) is 103 Å². The summed E-state index contributed by atoms with van der Waals surface area (Å²) in [6, 6.07) is 4.14. The molecular weight excluding hydrogens is 450 g/mol. The molecule has 0 radical (unpaired) electrons. The number of thioether (sulfide) groups is 1. The number of aromatic nitrogens is 5. The number of nitrogens with zero attached hydrogens (tertiary/aromatic N) is 4. The van der Waals surface area contributed by atoms with Gasteiger partial charge in [0.1, 0.15) is 0 Å². The number of carbonyl (C=O) groups excluding carboxylic acids is 2. The van der Waals surface area contributed by atoms with Gasteiger partial charge in [0.25, 0.3) is 0 Å². The van der Waals surface area contributed by atoms with Gasteiger partial charge in [0, 0.05) is 35.4 Å². The van der Waals surface area contributed by atoms with Crippen LogP contribution in [0.3, 0.4) is 0 Å². The lowest BCUT2D eigenvalue weighted by Gasteiger charge is -2.31. The lowest BCUT2D eigenvalue weighted by atomic mass is 9.85. The molecule has 2 atom stereocenters. The molecule has 4 rings (SSSR count). The van der Waals surface area contributed by atoms with Crippen molar-refractivity contribution < 1.29 is 14.3 Å². The van der Waals surface area contributed by atoms with Crippen molar-refractivity contribution in [3.05, 3.63) is 47.0 Å². The second-order valence-electron chi connectivity index (χ2n) is 8.80. The number of carbonyl (C=O) groups is 2. The number of hydrogen-bond donors (Lipinski definition) is 1. The van der Waals surface area contributed by atoms with E-state index in [1.165, 1.54) is 18.2 Å². The third-order valence-electron chi connectivity index (χ3n) is 6.45. The van der Waals surface area contributed by atoms with Gasteiger partial charge in [-0.25, -0.2) is 4.79 Å². The zero-order valence-electron chi connectivity index (χ0n) is 20.1. The van der Waals surface area contributed by atoms with Crippen LogP contribution in [0.25, 0.3) is 11.4 Å². The van der Waals surface area contributed by atoms with Crippen LogP contribution in [0.2, 0.25) is 0 Å². The van der Waals surface area contributed by atoms with Gasteiger partial charge in [-0.2, -0.15) is 0 Å². The van der Waals surface area contributed by atoms with Gasteiger partial charge in [-0.3, -0.25) is 14.3 Å². The fraction of sp³-hybridized carbons (Fsp3) is 0.480. The van der Waals surface area contributed by atoms with E-state index >= 15 is 0 Å². The Bertz CT molecular complexity index is 1170. The summed E-state index contributed by atoms with van der Waals surface area (Å²) in [5.41, 5.74) is 2.94. The molecule has 0 aliphatic heterocycles. The third-order valence-corrected chi connectivity index (χ3v) is 7.39. The summed E-state index contributed by atoms with van der Waals surface area (Å²) in [6.45, 7) is 7.87. The number of ether oxygens (including phenoxy) is 1. The SMILES string of the molecule is CCOC(=O)c1c(C)[nH]c(C)c1C(=O)CSc1nnc(-c2cccnc2)n1[C@H]1CCCC[C@@H]1C. The minimum Gasteiger partial charge on any atom is -0.462 e. The summed E-state index contributed by atoms with van der Waals surface area (Å²) in [4.78, 5) is 33.2. The van der Waals surface area contributed by atoms with Crippen molar-refractivity contribution in [2.75, 3.05) is 12.4 Å². The number of aromatic amines is 1. The normalized spacial score (nSPS) is 18.1. The Morgan fingerprint density at radius 2 is 1.94 bits per heavy atom. The summed E-state index contributed by atoms with van der Waals surface area (Å²) in [6.07, 6.45) is 8.13. The molecule has 0 amide bonds. The van der Waals surface area contributed by atoms with Gasteiger partial charge in [0.2, 0.25) is 0 Å². The van der Waals surface area contributed by atoms with Gasteiger partial charge in [0.15, 0.2) is 16.8 Å². The van der Waals surface area contributed by atoms with Gasteiger partial charge < -0.3 is 9.72 Å². The van der Waals surface area contributed by atoms with Crippen molar-refractivity contribution in [1.82, 2.24) is 24.7 Å². The molecule has 3 aromatic heterocycles. The molecule has 34 heavy (non-hydrogen) atoms. The molecule has 1 fully saturated rings. The van der Waals surface area contributed by atoms with Gasteiger partial charge in [0.05, 0.1) is 23.5 Å². The van der Waals surface area contributed by atoms with Gasteiger partial charge in [-0.15, -0.1) is 10.2 Å². The number of aryl methyl sites for hydroxylation is 2. The summed E-state index contributed by atoms with van der Waals surface area (Å²) in [7, 11) is 0. The Kier molecular flexibility index (Phi) is 7.50. The monoisotopic (exact) mass is 481 g/mol. The van der Waals surface area contributed by atoms with E-state index in [1.54, 1.807) is 33.2 Å². The van der Waals surface area contributed by atoms with Crippen molar-refractivity contribution in [1.29, 1.82) is 0 Å². The van der Waals surface area contributed by atoms with Crippen LogP contribution in [0, 0.1) is 19.8 Å². The van der Waals surface area contributed by atoms with E-state index in [1.807, 2.05) is 12.1 Å². The number of nitrogens with one attached hydrogen (secondary N) is 1. The van der Waals surface area contributed by atoms with Crippen LogP contribution in [-0.4, -0.2) is 48.8 Å². The van der Waals surface area contributed by atoms with Gasteiger partial charge >= 0.3 is 5.97 Å². The molecule has 180 valence electrons. The molecule has 3 aromatic rings. The number of hydrogen-bond acceptors (Lipinski definition) is 7. The van der Waals surface area contributed by atoms with Gasteiger partial charge in [-0.1, -0.05) is 31.5 Å². The van der Waals surface area contributed by atoms with Crippen LogP contribution < -0.4 is 0 Å². The number of esters is 1. The van der Waals surface area contributed by atoms with Crippen LogP contribution in [0.15, 0.2) is 29.7 Å². The van der Waals surface area contributed by atoms with Crippen molar-refractivity contribution in [3.63, 3.8) is 0 Å². The van der Waals surface area contributed by atoms with Crippen LogP contribution in [0.1, 0.15) is 77.7 Å². The van der Waals surface area contributed by atoms with Crippen LogP contribution in [-0.2, 0) is 4.74 Å². The number of Topliss-reactive ketones (excluding diaryl/α,β-unsaturated/α-hetero) is 1. The fourth-order valence-corrected chi connectivity index (χ4v) is 5.70. The van der Waals surface area contributed by atoms with E-state index in [4.69, 9.17) is 4.74 Å². The molecular formula is C25H31N5O3S. The largest absolute Gasteiger partial charge is 0.462 e. The quantitative estimate of drug-likeness (QED) is 0.268. The van der Waals surface area contributed by atoms with Crippen molar-refractivity contribution in [2.24, 2.45) is 5.92 Å². The summed E-state index contributed by atoms with van der Waals surface area (Å²) < 4.78 is 7.38. The molecule has 1 N–H and O–H groups in total. The standard InChI is InChI=1S/C25H31N5O3S/c1-5-33-24(32)22-17(4)27-16(3)21(22)20(31)14-34-25-29-28-23(18-10-8-12-26-13-18)30(25)19-11-7-6-9-15(19)2/h8,10,12-13,15,19,27H,5-7,9,11,14H2,1-4H3/t15-,19-/m0/s1. The van der Waals surface area contributed by atoms with E-state index in [-0.39, 0.29) is 24.2 Å². The molecule has 1 saturated carbocycles. The molecule has 0 unspecified atom stereocenters. The van der Waals surface area contributed by atoms with E-state index in [0.29, 0.717) is 33.6 Å². The maximum absolute atomic E-state index is 13.3. The molecule has 9 heteroatoms. The molecule has 3 heterocycles. The molecule has 1 aliphatic carbocycles. The Hall–Kier alpha value is -2.94. The lowest BCUT2D eigenvalue weighted by Crippen LogP contribution is -2.23. The Morgan fingerprint density at radius 3 is 2.65 bits per heavy atom. The van der Waals surface area contributed by atoms with Crippen LogP contribution in [0.5, 0.6) is 0 Å². The molecule has 8 nitrogen and oxygen atoms in total. The van der Waals surface area contributed by atoms with E-state index in [9.17, 15) is 9.59 Å². The zero-order chi connectivity index (χ0) is 24.2. The van der Waals surface area contributed by atoms with Crippen LogP contribution in [0.4, 0.5) is 0 Å². The van der Waals surface area contributed by atoms with E-state index in [2.05, 4.69) is 31.7 Å². The Morgan fingerprint density at radius 1 is 1.18 bits per heavy atom. The molecule has 0 bridgehead atoms.